The lowest BCUT2D eigenvalue weighted by atomic mass is 10.2. The van der Waals surface area contributed by atoms with Crippen LogP contribution < -0.4 is 10.5 Å². The van der Waals surface area contributed by atoms with Crippen LogP contribution in [0.4, 0.5) is 17.1 Å². The summed E-state index contributed by atoms with van der Waals surface area (Å²) in [5.74, 6) is -0.591. The molecule has 0 atom stereocenters. The summed E-state index contributed by atoms with van der Waals surface area (Å²) in [5.41, 5.74) is 5.96. The van der Waals surface area contributed by atoms with Gasteiger partial charge in [0.15, 0.2) is 0 Å². The van der Waals surface area contributed by atoms with Crippen molar-refractivity contribution in [3.8, 4) is 5.75 Å². The molecule has 0 fully saturated rings. The van der Waals surface area contributed by atoms with Crippen molar-refractivity contribution in [3.63, 3.8) is 0 Å². The first-order chi connectivity index (χ1) is 12.9. The summed E-state index contributed by atoms with van der Waals surface area (Å²) < 4.78 is 67.0. The first-order valence-electron chi connectivity index (χ1n) is 7.22. The Balaban J connectivity index is 2.30. The van der Waals surface area contributed by atoms with Gasteiger partial charge in [-0.2, -0.15) is 21.9 Å². The molecule has 0 aliphatic rings. The molecule has 14 heteroatoms. The van der Waals surface area contributed by atoms with Crippen molar-refractivity contribution < 1.29 is 30.7 Å². The summed E-state index contributed by atoms with van der Waals surface area (Å²) in [4.78, 5) is -0.539. The van der Waals surface area contributed by atoms with Gasteiger partial charge in [0.25, 0.3) is 20.2 Å². The molecule has 152 valence electrons. The van der Waals surface area contributed by atoms with Crippen LogP contribution in [0.25, 0.3) is 0 Å². The van der Waals surface area contributed by atoms with Gasteiger partial charge < -0.3 is 10.5 Å². The highest BCUT2D eigenvalue weighted by Gasteiger charge is 2.15. The maximum atomic E-state index is 11.3. The Labute approximate surface area is 170 Å². The minimum atomic E-state index is -4.55. The normalized spacial score (nSPS) is 12.4. The quantitative estimate of drug-likeness (QED) is 0.314. The van der Waals surface area contributed by atoms with Gasteiger partial charge in [-0.25, -0.2) is 0 Å². The summed E-state index contributed by atoms with van der Waals surface area (Å²) in [6.45, 7) is -0.365. The molecular weight excluding hydrogens is 457 g/mol. The van der Waals surface area contributed by atoms with E-state index in [2.05, 4.69) is 10.2 Å². The number of nitrogens with two attached hydrogens (primary N) is 1. The van der Waals surface area contributed by atoms with Gasteiger partial charge in [-0.1, -0.05) is 23.2 Å². The Hall–Kier alpha value is -1.96. The third kappa shape index (κ3) is 6.29. The van der Waals surface area contributed by atoms with E-state index in [0.717, 1.165) is 6.07 Å². The summed E-state index contributed by atoms with van der Waals surface area (Å²) in [7, 11) is -8.75. The average Bonchev–Trinajstić information content (AvgIpc) is 2.55. The average molecular weight is 470 g/mol. The van der Waals surface area contributed by atoms with E-state index >= 15 is 0 Å². The van der Waals surface area contributed by atoms with Crippen LogP contribution in [0.3, 0.4) is 0 Å². The van der Waals surface area contributed by atoms with Gasteiger partial charge in [-0.3, -0.25) is 9.11 Å². The predicted octanol–water partition coefficient (Wildman–Crippen LogP) is 3.50. The van der Waals surface area contributed by atoms with E-state index in [9.17, 15) is 16.8 Å². The molecular formula is C14H13Cl2N3O7S2. The number of hydrogen-bond acceptors (Lipinski definition) is 8. The molecule has 0 aromatic heterocycles. The minimum absolute atomic E-state index is 0.0525. The van der Waals surface area contributed by atoms with Gasteiger partial charge >= 0.3 is 0 Å². The maximum absolute atomic E-state index is 11.3. The molecule has 2 aromatic carbocycles. The second kappa shape index (κ2) is 8.59. The molecule has 0 aliphatic carbocycles. The largest absolute Gasteiger partial charge is 0.490 e. The lowest BCUT2D eigenvalue weighted by Crippen LogP contribution is -2.13. The zero-order chi connectivity index (χ0) is 21.1. The van der Waals surface area contributed by atoms with Crippen molar-refractivity contribution >= 4 is 60.5 Å². The van der Waals surface area contributed by atoms with Crippen molar-refractivity contribution in [2.75, 3.05) is 18.1 Å². The molecule has 4 N–H and O–H groups in total. The van der Waals surface area contributed by atoms with Crippen LogP contribution >= 0.6 is 23.2 Å². The zero-order valence-electron chi connectivity index (χ0n) is 13.8. The second-order valence-electron chi connectivity index (χ2n) is 5.27. The van der Waals surface area contributed by atoms with Crippen molar-refractivity contribution in [3.05, 3.63) is 40.4 Å². The lowest BCUT2D eigenvalue weighted by Gasteiger charge is -2.09. The van der Waals surface area contributed by atoms with Crippen molar-refractivity contribution in [2.45, 2.75) is 4.90 Å². The van der Waals surface area contributed by atoms with E-state index in [4.69, 9.17) is 42.8 Å². The van der Waals surface area contributed by atoms with E-state index in [1.807, 2.05) is 0 Å². The summed E-state index contributed by atoms with van der Waals surface area (Å²) >= 11 is 11.7. The molecule has 0 heterocycles. The van der Waals surface area contributed by atoms with Crippen LogP contribution in [0.2, 0.25) is 10.0 Å². The van der Waals surface area contributed by atoms with Crippen molar-refractivity contribution in [1.29, 1.82) is 0 Å². The fourth-order valence-corrected chi connectivity index (χ4v) is 3.38. The fraction of sp³-hybridized carbons (Fsp3) is 0.143. The first kappa shape index (κ1) is 22.3. The van der Waals surface area contributed by atoms with Crippen LogP contribution in [0.1, 0.15) is 0 Å². The van der Waals surface area contributed by atoms with Gasteiger partial charge in [0.2, 0.25) is 0 Å². The summed E-state index contributed by atoms with van der Waals surface area (Å²) in [6.07, 6.45) is 0. The van der Waals surface area contributed by atoms with Crippen molar-refractivity contribution in [1.82, 2.24) is 0 Å². The smallest absolute Gasteiger partial charge is 0.296 e. The SMILES string of the molecule is Nc1cc(Cl)c(N=Nc2ccc(Cl)c(S(=O)(=O)O)c2)cc1OCCS(=O)(=O)O. The molecule has 0 bridgehead atoms. The number of benzene rings is 2. The van der Waals surface area contributed by atoms with Gasteiger partial charge in [0.05, 0.1) is 21.4 Å². The van der Waals surface area contributed by atoms with Crippen LogP contribution in [-0.2, 0) is 20.2 Å². The third-order valence-corrected chi connectivity index (χ3v) is 5.46. The van der Waals surface area contributed by atoms with Gasteiger partial charge in [-0.15, -0.1) is 5.11 Å². The van der Waals surface area contributed by atoms with Crippen LogP contribution in [0.5, 0.6) is 5.75 Å². The topological polar surface area (TPSA) is 169 Å². The highest BCUT2D eigenvalue weighted by Crippen LogP contribution is 2.36. The van der Waals surface area contributed by atoms with Gasteiger partial charge in [0, 0.05) is 6.07 Å². The summed E-state index contributed by atoms with van der Waals surface area (Å²) in [6, 6.07) is 6.16. The van der Waals surface area contributed by atoms with Crippen LogP contribution in [0, 0.1) is 0 Å². The van der Waals surface area contributed by atoms with E-state index in [0.29, 0.717) is 0 Å². The molecule has 28 heavy (non-hydrogen) atoms. The monoisotopic (exact) mass is 469 g/mol. The number of rotatable bonds is 7. The Kier molecular flexibility index (Phi) is 6.85. The van der Waals surface area contributed by atoms with Gasteiger partial charge in [-0.05, 0) is 24.3 Å². The summed E-state index contributed by atoms with van der Waals surface area (Å²) in [5, 5.41) is 7.57. The highest BCUT2D eigenvalue weighted by atomic mass is 35.5. The standard InChI is InChI=1S/C14H13Cl2N3O7S2/c15-9-2-1-8(5-14(9)28(23,24)25)18-19-12-7-13(11(17)6-10(12)16)26-3-4-27(20,21)22/h1-2,5-7H,3-4,17H2,(H,20,21,22)(H,23,24,25). The Morgan fingerprint density at radius 3 is 2.29 bits per heavy atom. The molecule has 0 saturated carbocycles. The van der Waals surface area contributed by atoms with Gasteiger partial charge in [0.1, 0.15) is 28.7 Å². The molecule has 0 spiro atoms. The molecule has 0 aliphatic heterocycles. The third-order valence-electron chi connectivity index (χ3n) is 3.14. The second-order valence-corrected chi connectivity index (χ2v) is 9.04. The minimum Gasteiger partial charge on any atom is -0.490 e. The molecule has 0 radical (unpaired) electrons. The molecule has 2 rings (SSSR count). The molecule has 0 saturated heterocycles. The molecule has 0 amide bonds. The van der Waals surface area contributed by atoms with E-state index in [1.165, 1.54) is 24.3 Å². The predicted molar refractivity (Wildman–Crippen MR) is 103 cm³/mol. The number of halogens is 2. The Morgan fingerprint density at radius 1 is 1.00 bits per heavy atom. The van der Waals surface area contributed by atoms with E-state index in [-0.39, 0.29) is 39.5 Å². The van der Waals surface area contributed by atoms with Crippen LogP contribution in [-0.4, -0.2) is 38.3 Å². The van der Waals surface area contributed by atoms with E-state index < -0.39 is 30.9 Å². The zero-order valence-corrected chi connectivity index (χ0v) is 16.9. The molecule has 2 aromatic rings. The lowest BCUT2D eigenvalue weighted by molar-refractivity contribution is 0.337. The molecule has 0 unspecified atom stereocenters. The number of ether oxygens (including phenoxy) is 1. The Morgan fingerprint density at radius 2 is 1.68 bits per heavy atom. The first-order valence-corrected chi connectivity index (χ1v) is 11.0. The highest BCUT2D eigenvalue weighted by molar-refractivity contribution is 7.86. The number of nitrogen functional groups attached to an aromatic ring is 1. The Bertz CT molecular complexity index is 1140. The fourth-order valence-electron chi connectivity index (χ4n) is 1.88. The number of hydrogen-bond donors (Lipinski definition) is 3. The van der Waals surface area contributed by atoms with Crippen LogP contribution in [0.15, 0.2) is 45.5 Å². The molecule has 10 nitrogen and oxygen atoms in total. The van der Waals surface area contributed by atoms with E-state index in [1.54, 1.807) is 0 Å². The number of anilines is 1. The maximum Gasteiger partial charge on any atom is 0.296 e. The number of nitrogens with zero attached hydrogens (tertiary/aromatic N) is 2. The van der Waals surface area contributed by atoms with Crippen molar-refractivity contribution in [2.24, 2.45) is 10.2 Å². The number of azo groups is 1.